The standard InChI is InChI=1S/C56H30N4O2/c57-31-37-27-39(59-46-23-19-35(33-11-3-1-4-12-33)29-44(46)52-48(59)25-21-42-40-15-7-9-17-50(40)61-55(42)52)28-38(32-58)54(37)60-47-24-20-36(34-13-5-2-6-14-34)30-45(47)53-49(60)26-22-43-41-16-8-10-18-51(41)62-56(43)53/h1-30H. The van der Waals surface area contributed by atoms with E-state index in [1.165, 1.54) is 0 Å². The average molecular weight is 791 g/mol. The third-order valence-electron chi connectivity index (χ3n) is 12.6. The third kappa shape index (κ3) is 4.72. The minimum atomic E-state index is 0.371. The van der Waals surface area contributed by atoms with Crippen molar-refractivity contribution in [1.82, 2.24) is 9.13 Å². The first-order valence-corrected chi connectivity index (χ1v) is 20.5. The van der Waals surface area contributed by atoms with Crippen molar-refractivity contribution in [2.45, 2.75) is 0 Å². The van der Waals surface area contributed by atoms with Crippen LogP contribution < -0.4 is 0 Å². The number of fused-ring (bicyclic) bond motifs is 14. The zero-order valence-electron chi connectivity index (χ0n) is 32.9. The number of hydrogen-bond donors (Lipinski definition) is 0. The number of nitrogens with zero attached hydrogens (tertiary/aromatic N) is 4. The molecule has 62 heavy (non-hydrogen) atoms. The predicted octanol–water partition coefficient (Wildman–Crippen LogP) is 14.8. The van der Waals surface area contributed by atoms with Crippen molar-refractivity contribution in [3.8, 4) is 45.8 Å². The molecular weight excluding hydrogens is 761 g/mol. The second-order valence-electron chi connectivity index (χ2n) is 15.8. The van der Waals surface area contributed by atoms with Crippen LogP contribution in [0.3, 0.4) is 0 Å². The summed E-state index contributed by atoms with van der Waals surface area (Å²) < 4.78 is 17.6. The van der Waals surface area contributed by atoms with Crippen LogP contribution in [0.2, 0.25) is 0 Å². The van der Waals surface area contributed by atoms with Crippen molar-refractivity contribution in [2.75, 3.05) is 0 Å². The summed E-state index contributed by atoms with van der Waals surface area (Å²) in [7, 11) is 0. The van der Waals surface area contributed by atoms with Gasteiger partial charge in [-0.1, -0.05) is 109 Å². The molecule has 0 N–H and O–H groups in total. The summed E-state index contributed by atoms with van der Waals surface area (Å²) in [4.78, 5) is 0. The summed E-state index contributed by atoms with van der Waals surface area (Å²) in [6.45, 7) is 0. The summed E-state index contributed by atoms with van der Waals surface area (Å²) in [5.74, 6) is 0. The van der Waals surface area contributed by atoms with Gasteiger partial charge < -0.3 is 18.0 Å². The molecule has 0 bridgehead atoms. The van der Waals surface area contributed by atoms with E-state index in [2.05, 4.69) is 118 Å². The molecule has 6 heteroatoms. The highest BCUT2D eigenvalue weighted by molar-refractivity contribution is 6.26. The van der Waals surface area contributed by atoms with E-state index in [-0.39, 0.29) is 0 Å². The van der Waals surface area contributed by atoms with E-state index in [1.807, 2.05) is 84.9 Å². The van der Waals surface area contributed by atoms with Crippen molar-refractivity contribution in [1.29, 1.82) is 10.5 Å². The fraction of sp³-hybridized carbons (Fsp3) is 0. The highest BCUT2D eigenvalue weighted by Gasteiger charge is 2.25. The molecule has 286 valence electrons. The molecule has 0 radical (unpaired) electrons. The van der Waals surface area contributed by atoms with Crippen LogP contribution >= 0.6 is 0 Å². The lowest BCUT2D eigenvalue weighted by Crippen LogP contribution is -2.04. The Kier molecular flexibility index (Phi) is 7.05. The minimum absolute atomic E-state index is 0.371. The quantitative estimate of drug-likeness (QED) is 0.178. The van der Waals surface area contributed by atoms with Crippen LogP contribution in [-0.4, -0.2) is 9.13 Å². The molecule has 0 spiro atoms. The number of aromatic nitrogens is 2. The molecule has 13 aromatic rings. The molecule has 4 heterocycles. The maximum atomic E-state index is 11.2. The maximum absolute atomic E-state index is 11.2. The lowest BCUT2D eigenvalue weighted by atomic mass is 10.0. The van der Waals surface area contributed by atoms with Crippen molar-refractivity contribution in [3.63, 3.8) is 0 Å². The van der Waals surface area contributed by atoms with Crippen LogP contribution in [0.25, 0.3) is 121 Å². The molecule has 6 nitrogen and oxygen atoms in total. The summed E-state index contributed by atoms with van der Waals surface area (Å²) in [6.07, 6.45) is 0. The van der Waals surface area contributed by atoms with Crippen molar-refractivity contribution in [3.05, 3.63) is 193 Å². The smallest absolute Gasteiger partial charge is 0.145 e. The molecule has 0 amide bonds. The van der Waals surface area contributed by atoms with E-state index in [9.17, 15) is 10.5 Å². The van der Waals surface area contributed by atoms with Gasteiger partial charge in [-0.25, -0.2) is 0 Å². The van der Waals surface area contributed by atoms with E-state index < -0.39 is 0 Å². The Bertz CT molecular complexity index is 4080. The molecule has 0 aliphatic carbocycles. The molecule has 0 aliphatic rings. The van der Waals surface area contributed by atoms with Gasteiger partial charge in [0.15, 0.2) is 0 Å². The third-order valence-corrected chi connectivity index (χ3v) is 12.6. The van der Waals surface area contributed by atoms with Crippen LogP contribution in [0.4, 0.5) is 0 Å². The topological polar surface area (TPSA) is 83.7 Å². The van der Waals surface area contributed by atoms with Gasteiger partial charge in [-0.3, -0.25) is 0 Å². The van der Waals surface area contributed by atoms with Crippen LogP contribution in [0.5, 0.6) is 0 Å². The summed E-state index contributed by atoms with van der Waals surface area (Å²) in [5, 5.41) is 30.3. The first-order valence-electron chi connectivity index (χ1n) is 20.5. The molecule has 0 saturated heterocycles. The molecule has 4 aromatic heterocycles. The maximum Gasteiger partial charge on any atom is 0.145 e. The van der Waals surface area contributed by atoms with Crippen molar-refractivity contribution in [2.24, 2.45) is 0 Å². The van der Waals surface area contributed by atoms with Crippen LogP contribution in [0.15, 0.2) is 191 Å². The van der Waals surface area contributed by atoms with Crippen molar-refractivity contribution >= 4 is 87.5 Å². The normalized spacial score (nSPS) is 11.8. The minimum Gasteiger partial charge on any atom is -0.455 e. The van der Waals surface area contributed by atoms with E-state index in [4.69, 9.17) is 8.83 Å². The number of hydrogen-bond acceptors (Lipinski definition) is 4. The number of para-hydroxylation sites is 2. The van der Waals surface area contributed by atoms with Crippen LogP contribution in [0, 0.1) is 22.7 Å². The molecular formula is C56H30N4O2. The fourth-order valence-corrected chi connectivity index (χ4v) is 9.87. The highest BCUT2D eigenvalue weighted by Crippen LogP contribution is 2.45. The molecule has 0 saturated carbocycles. The monoisotopic (exact) mass is 790 g/mol. The second-order valence-corrected chi connectivity index (χ2v) is 15.8. The zero-order chi connectivity index (χ0) is 41.1. The van der Waals surface area contributed by atoms with Gasteiger partial charge in [-0.2, -0.15) is 10.5 Å². The first kappa shape index (κ1) is 34.1. The number of rotatable bonds is 4. The lowest BCUT2D eigenvalue weighted by Gasteiger charge is -2.16. The van der Waals surface area contributed by atoms with Crippen molar-refractivity contribution < 1.29 is 8.83 Å². The molecule has 0 fully saturated rings. The zero-order valence-corrected chi connectivity index (χ0v) is 32.9. The van der Waals surface area contributed by atoms with Crippen LogP contribution in [-0.2, 0) is 0 Å². The average Bonchev–Trinajstić information content (AvgIpc) is 4.08. The summed E-state index contributed by atoms with van der Waals surface area (Å²) in [6, 6.07) is 67.1. The molecule has 0 aliphatic heterocycles. The Morgan fingerprint density at radius 1 is 0.355 bits per heavy atom. The Balaban J connectivity index is 1.11. The Morgan fingerprint density at radius 2 is 0.790 bits per heavy atom. The predicted molar refractivity (Wildman–Crippen MR) is 250 cm³/mol. The number of furan rings is 2. The SMILES string of the molecule is N#Cc1cc(-n2c3ccc(-c4ccccc4)cc3c3c4oc5ccccc5c4ccc32)cc(C#N)c1-n1c2ccc(-c3ccccc3)cc2c2c3oc4ccccc4c3ccc21. The van der Waals surface area contributed by atoms with E-state index in [0.717, 1.165) is 110 Å². The summed E-state index contributed by atoms with van der Waals surface area (Å²) >= 11 is 0. The second kappa shape index (κ2) is 12.8. The Labute approximate surface area is 353 Å². The fourth-order valence-electron chi connectivity index (χ4n) is 9.87. The van der Waals surface area contributed by atoms with Gasteiger partial charge in [0.1, 0.15) is 34.5 Å². The molecule has 0 unspecified atom stereocenters. The van der Waals surface area contributed by atoms with Gasteiger partial charge in [-0.15, -0.1) is 0 Å². The molecule has 9 aromatic carbocycles. The molecule has 13 rings (SSSR count). The lowest BCUT2D eigenvalue weighted by molar-refractivity contribution is 0.672. The van der Waals surface area contributed by atoms with E-state index >= 15 is 0 Å². The van der Waals surface area contributed by atoms with E-state index in [1.54, 1.807) is 0 Å². The Hall–Kier alpha value is -8.84. The van der Waals surface area contributed by atoms with E-state index in [0.29, 0.717) is 22.5 Å². The van der Waals surface area contributed by atoms with Gasteiger partial charge in [0.05, 0.1) is 49.7 Å². The largest absolute Gasteiger partial charge is 0.455 e. The van der Waals surface area contributed by atoms with Gasteiger partial charge in [0.25, 0.3) is 0 Å². The first-order chi connectivity index (χ1) is 30.7. The van der Waals surface area contributed by atoms with Gasteiger partial charge >= 0.3 is 0 Å². The van der Waals surface area contributed by atoms with Gasteiger partial charge in [0.2, 0.25) is 0 Å². The van der Waals surface area contributed by atoms with Crippen LogP contribution in [0.1, 0.15) is 11.1 Å². The Morgan fingerprint density at radius 3 is 1.29 bits per heavy atom. The molecule has 0 atom stereocenters. The van der Waals surface area contributed by atoms with Gasteiger partial charge in [-0.05, 0) is 95.1 Å². The highest BCUT2D eigenvalue weighted by atomic mass is 16.3. The van der Waals surface area contributed by atoms with Gasteiger partial charge in [0, 0.05) is 38.0 Å². The summed E-state index contributed by atoms with van der Waals surface area (Å²) in [5.41, 5.74) is 13.1. The number of nitriles is 2. The number of benzene rings is 9.